The average Bonchev–Trinajstić information content (AvgIpc) is 2.72. The highest BCUT2D eigenvalue weighted by Crippen LogP contribution is 2.25. The van der Waals surface area contributed by atoms with Crippen LogP contribution in [0, 0.1) is 5.92 Å². The van der Waals surface area contributed by atoms with E-state index >= 15 is 0 Å². The Labute approximate surface area is 184 Å². The largest absolute Gasteiger partial charge is 0.370 e. The normalized spacial score (nSPS) is 17.8. The lowest BCUT2D eigenvalue weighted by molar-refractivity contribution is -0.142. The molecular formula is C22H24BrClN2O3. The van der Waals surface area contributed by atoms with Crippen LogP contribution in [0.3, 0.4) is 0 Å². The summed E-state index contributed by atoms with van der Waals surface area (Å²) in [6.07, 6.45) is -0.187. The molecule has 154 valence electrons. The molecule has 0 aliphatic carbocycles. The molecule has 2 aromatic rings. The van der Waals surface area contributed by atoms with Crippen molar-refractivity contribution in [1.29, 1.82) is 0 Å². The molecule has 2 aromatic carbocycles. The van der Waals surface area contributed by atoms with E-state index < -0.39 is 6.04 Å². The van der Waals surface area contributed by atoms with E-state index in [2.05, 4.69) is 21.2 Å². The number of ether oxygens (including phenoxy) is 1. The van der Waals surface area contributed by atoms with Gasteiger partial charge in [0.05, 0.1) is 23.7 Å². The first-order chi connectivity index (χ1) is 13.9. The van der Waals surface area contributed by atoms with Gasteiger partial charge in [0.25, 0.3) is 5.91 Å². The molecule has 0 bridgehead atoms. The van der Waals surface area contributed by atoms with Gasteiger partial charge in [0, 0.05) is 11.0 Å². The number of nitrogens with zero attached hydrogens (tertiary/aromatic N) is 1. The van der Waals surface area contributed by atoms with E-state index in [9.17, 15) is 9.59 Å². The van der Waals surface area contributed by atoms with Crippen molar-refractivity contribution in [2.75, 3.05) is 19.7 Å². The molecule has 1 fully saturated rings. The fourth-order valence-corrected chi connectivity index (χ4v) is 3.79. The van der Waals surface area contributed by atoms with Gasteiger partial charge in [-0.05, 0) is 35.7 Å². The number of nitrogens with one attached hydrogen (secondary N) is 1. The molecule has 0 radical (unpaired) electrons. The van der Waals surface area contributed by atoms with Crippen molar-refractivity contribution in [1.82, 2.24) is 10.2 Å². The standard InChI is InChI=1S/C22H24BrClN2O3/c1-14(2)20(25-21(27)17-5-3-4-6-18(17)24)22(28)26-11-12-29-19(13-26)15-7-9-16(23)10-8-15/h3-10,14,19-20H,11-13H2,1-2H3,(H,25,27). The first-order valence-corrected chi connectivity index (χ1v) is 10.7. The zero-order valence-corrected chi connectivity index (χ0v) is 18.7. The lowest BCUT2D eigenvalue weighted by Crippen LogP contribution is -2.54. The summed E-state index contributed by atoms with van der Waals surface area (Å²) < 4.78 is 6.87. The number of hydrogen-bond acceptors (Lipinski definition) is 3. The molecule has 29 heavy (non-hydrogen) atoms. The third-order valence-corrected chi connectivity index (χ3v) is 5.82. The Morgan fingerprint density at radius 2 is 1.86 bits per heavy atom. The monoisotopic (exact) mass is 478 g/mol. The zero-order valence-electron chi connectivity index (χ0n) is 16.4. The molecule has 1 heterocycles. The Kier molecular flexibility index (Phi) is 7.33. The molecule has 0 spiro atoms. The van der Waals surface area contributed by atoms with Crippen LogP contribution in [-0.4, -0.2) is 42.5 Å². The second-order valence-electron chi connectivity index (χ2n) is 7.37. The van der Waals surface area contributed by atoms with Gasteiger partial charge in [-0.2, -0.15) is 0 Å². The van der Waals surface area contributed by atoms with Gasteiger partial charge in [0.2, 0.25) is 5.91 Å². The van der Waals surface area contributed by atoms with Gasteiger partial charge in [-0.15, -0.1) is 0 Å². The van der Waals surface area contributed by atoms with Crippen LogP contribution < -0.4 is 5.32 Å². The minimum absolute atomic E-state index is 0.0667. The number of amides is 2. The van der Waals surface area contributed by atoms with E-state index in [-0.39, 0.29) is 23.8 Å². The third-order valence-electron chi connectivity index (χ3n) is 4.96. The number of rotatable bonds is 5. The summed E-state index contributed by atoms with van der Waals surface area (Å²) in [5.74, 6) is -0.519. The fourth-order valence-electron chi connectivity index (χ4n) is 3.30. The molecular weight excluding hydrogens is 456 g/mol. The van der Waals surface area contributed by atoms with E-state index in [4.69, 9.17) is 16.3 Å². The maximum absolute atomic E-state index is 13.2. The maximum Gasteiger partial charge on any atom is 0.253 e. The Morgan fingerprint density at radius 3 is 2.52 bits per heavy atom. The smallest absolute Gasteiger partial charge is 0.253 e. The predicted octanol–water partition coefficient (Wildman–Crippen LogP) is 4.46. The molecule has 1 aliphatic heterocycles. The Balaban J connectivity index is 1.72. The van der Waals surface area contributed by atoms with Crippen LogP contribution in [0.4, 0.5) is 0 Å². The molecule has 0 saturated carbocycles. The number of morpholine rings is 1. The molecule has 3 rings (SSSR count). The summed E-state index contributed by atoms with van der Waals surface area (Å²) in [6.45, 7) is 5.24. The van der Waals surface area contributed by atoms with Gasteiger partial charge in [-0.25, -0.2) is 0 Å². The number of halogens is 2. The molecule has 5 nitrogen and oxygen atoms in total. The molecule has 2 unspecified atom stereocenters. The second-order valence-corrected chi connectivity index (χ2v) is 8.69. The van der Waals surface area contributed by atoms with Crippen LogP contribution in [0.5, 0.6) is 0 Å². The van der Waals surface area contributed by atoms with Gasteiger partial charge < -0.3 is 15.0 Å². The summed E-state index contributed by atoms with van der Waals surface area (Å²) in [7, 11) is 0. The second kappa shape index (κ2) is 9.74. The van der Waals surface area contributed by atoms with Crippen molar-refractivity contribution >= 4 is 39.3 Å². The highest BCUT2D eigenvalue weighted by Gasteiger charge is 2.33. The van der Waals surface area contributed by atoms with Crippen LogP contribution in [0.25, 0.3) is 0 Å². The van der Waals surface area contributed by atoms with Crippen molar-refractivity contribution in [2.24, 2.45) is 5.92 Å². The number of hydrogen-bond donors (Lipinski definition) is 1. The summed E-state index contributed by atoms with van der Waals surface area (Å²) in [6, 6.07) is 14.1. The predicted molar refractivity (Wildman–Crippen MR) is 117 cm³/mol. The fraction of sp³-hybridized carbons (Fsp3) is 0.364. The van der Waals surface area contributed by atoms with E-state index in [1.807, 2.05) is 38.1 Å². The van der Waals surface area contributed by atoms with Gasteiger partial charge >= 0.3 is 0 Å². The van der Waals surface area contributed by atoms with Crippen molar-refractivity contribution < 1.29 is 14.3 Å². The highest BCUT2D eigenvalue weighted by atomic mass is 79.9. The first-order valence-electron chi connectivity index (χ1n) is 9.58. The summed E-state index contributed by atoms with van der Waals surface area (Å²) >= 11 is 9.56. The summed E-state index contributed by atoms with van der Waals surface area (Å²) in [4.78, 5) is 27.7. The summed E-state index contributed by atoms with van der Waals surface area (Å²) in [5, 5.41) is 3.23. The van der Waals surface area contributed by atoms with Gasteiger partial charge in [-0.1, -0.05) is 65.6 Å². The van der Waals surface area contributed by atoms with Crippen molar-refractivity contribution in [2.45, 2.75) is 26.0 Å². The lowest BCUT2D eigenvalue weighted by Gasteiger charge is -2.36. The van der Waals surface area contributed by atoms with Crippen LogP contribution >= 0.6 is 27.5 Å². The Bertz CT molecular complexity index is 873. The summed E-state index contributed by atoms with van der Waals surface area (Å²) in [5.41, 5.74) is 1.38. The van der Waals surface area contributed by atoms with Crippen LogP contribution in [0.2, 0.25) is 5.02 Å². The molecule has 0 aromatic heterocycles. The van der Waals surface area contributed by atoms with E-state index in [0.29, 0.717) is 30.3 Å². The molecule has 1 N–H and O–H groups in total. The van der Waals surface area contributed by atoms with Gasteiger partial charge in [-0.3, -0.25) is 9.59 Å². The van der Waals surface area contributed by atoms with Crippen molar-refractivity contribution in [3.63, 3.8) is 0 Å². The first kappa shape index (κ1) is 21.8. The van der Waals surface area contributed by atoms with E-state index in [1.54, 1.807) is 29.2 Å². The van der Waals surface area contributed by atoms with Crippen LogP contribution in [0.15, 0.2) is 53.0 Å². The average molecular weight is 480 g/mol. The third kappa shape index (κ3) is 5.38. The molecule has 1 aliphatic rings. The number of benzene rings is 2. The molecule has 2 atom stereocenters. The lowest BCUT2D eigenvalue weighted by atomic mass is 10.0. The van der Waals surface area contributed by atoms with Crippen LogP contribution in [0.1, 0.15) is 35.9 Å². The quantitative estimate of drug-likeness (QED) is 0.689. The Hall–Kier alpha value is -1.89. The van der Waals surface area contributed by atoms with Crippen LogP contribution in [-0.2, 0) is 9.53 Å². The molecule has 2 amide bonds. The number of carbonyl (C=O) groups is 2. The maximum atomic E-state index is 13.2. The van der Waals surface area contributed by atoms with Gasteiger partial charge in [0.1, 0.15) is 12.1 Å². The van der Waals surface area contributed by atoms with Crippen molar-refractivity contribution in [3.8, 4) is 0 Å². The van der Waals surface area contributed by atoms with E-state index in [1.165, 1.54) is 0 Å². The van der Waals surface area contributed by atoms with E-state index in [0.717, 1.165) is 10.0 Å². The molecule has 1 saturated heterocycles. The minimum atomic E-state index is -0.637. The zero-order chi connectivity index (χ0) is 21.0. The topological polar surface area (TPSA) is 58.6 Å². The minimum Gasteiger partial charge on any atom is -0.370 e. The van der Waals surface area contributed by atoms with Crippen molar-refractivity contribution in [3.05, 3.63) is 69.2 Å². The SMILES string of the molecule is CC(C)C(NC(=O)c1ccccc1Cl)C(=O)N1CCOC(c2ccc(Br)cc2)C1. The number of carbonyl (C=O) groups excluding carboxylic acids is 2. The highest BCUT2D eigenvalue weighted by molar-refractivity contribution is 9.10. The molecule has 7 heteroatoms. The van der Waals surface area contributed by atoms with Gasteiger partial charge in [0.15, 0.2) is 0 Å². The Morgan fingerprint density at radius 1 is 1.17 bits per heavy atom.